The third kappa shape index (κ3) is 4.61. The lowest BCUT2D eigenvalue weighted by Crippen LogP contribution is -2.13. The quantitative estimate of drug-likeness (QED) is 0.463. The second-order valence-corrected chi connectivity index (χ2v) is 6.54. The number of para-hydroxylation sites is 1. The molecular formula is C22H18N6O3. The first kappa shape index (κ1) is 19.9. The molecule has 2 aromatic heterocycles. The molecule has 0 fully saturated rings. The van der Waals surface area contributed by atoms with Gasteiger partial charge in [0.25, 0.3) is 5.91 Å². The van der Waals surface area contributed by atoms with Crippen LogP contribution in [0.3, 0.4) is 0 Å². The molecule has 2 aromatic carbocycles. The van der Waals surface area contributed by atoms with Crippen molar-refractivity contribution >= 4 is 17.4 Å². The number of rotatable bonds is 7. The second-order valence-electron chi connectivity index (χ2n) is 6.54. The predicted octanol–water partition coefficient (Wildman–Crippen LogP) is 2.88. The lowest BCUT2D eigenvalue weighted by atomic mass is 10.1. The fourth-order valence-corrected chi connectivity index (χ4v) is 2.89. The molecule has 9 heteroatoms. The lowest BCUT2D eigenvalue weighted by molar-refractivity contribution is 0.0960. The summed E-state index contributed by atoms with van der Waals surface area (Å²) in [5.74, 6) is 0.500. The Bertz CT molecular complexity index is 1210. The van der Waals surface area contributed by atoms with E-state index in [0.717, 1.165) is 0 Å². The van der Waals surface area contributed by atoms with E-state index in [4.69, 9.17) is 4.74 Å². The van der Waals surface area contributed by atoms with Gasteiger partial charge in [-0.3, -0.25) is 14.6 Å². The maximum absolute atomic E-state index is 12.5. The molecule has 0 atom stereocenters. The van der Waals surface area contributed by atoms with E-state index >= 15 is 0 Å². The summed E-state index contributed by atoms with van der Waals surface area (Å²) >= 11 is 0. The first-order chi connectivity index (χ1) is 15.1. The summed E-state index contributed by atoms with van der Waals surface area (Å²) in [5.41, 5.74) is 2.06. The van der Waals surface area contributed by atoms with Gasteiger partial charge >= 0.3 is 0 Å². The standard InChI is InChI=1S/C22H18N6O3/c1-31-17-10-8-15(9-11-17)20(29)14-28-26-21(25-27-28)18-6-2-3-7-19(18)24-22(30)16-5-4-12-23-13-16/h2-13H,14H2,1H3,(H,24,30). The zero-order valence-corrected chi connectivity index (χ0v) is 16.6. The van der Waals surface area contributed by atoms with Crippen LogP contribution in [0.1, 0.15) is 20.7 Å². The molecule has 0 bridgehead atoms. The molecule has 9 nitrogen and oxygen atoms in total. The van der Waals surface area contributed by atoms with Gasteiger partial charge in [0.05, 0.1) is 18.4 Å². The van der Waals surface area contributed by atoms with Crippen LogP contribution in [-0.2, 0) is 6.54 Å². The Morgan fingerprint density at radius 1 is 1.00 bits per heavy atom. The van der Waals surface area contributed by atoms with Crippen molar-refractivity contribution in [1.29, 1.82) is 0 Å². The van der Waals surface area contributed by atoms with Gasteiger partial charge in [-0.1, -0.05) is 12.1 Å². The van der Waals surface area contributed by atoms with Crippen molar-refractivity contribution in [3.8, 4) is 17.1 Å². The second kappa shape index (κ2) is 8.95. The van der Waals surface area contributed by atoms with Crippen LogP contribution >= 0.6 is 0 Å². The Labute approximate surface area is 177 Å². The maximum atomic E-state index is 12.5. The number of benzene rings is 2. The van der Waals surface area contributed by atoms with Gasteiger partial charge in [-0.05, 0) is 53.7 Å². The highest BCUT2D eigenvalue weighted by molar-refractivity contribution is 6.05. The molecular weight excluding hydrogens is 396 g/mol. The molecule has 0 aliphatic carbocycles. The molecule has 0 aliphatic rings. The Hall–Kier alpha value is -4.40. The number of carbonyl (C=O) groups excluding carboxylic acids is 2. The molecule has 154 valence electrons. The number of amides is 1. The average Bonchev–Trinajstić information content (AvgIpc) is 3.28. The van der Waals surface area contributed by atoms with Crippen LogP contribution in [0, 0.1) is 0 Å². The monoisotopic (exact) mass is 414 g/mol. The van der Waals surface area contributed by atoms with Crippen molar-refractivity contribution < 1.29 is 14.3 Å². The van der Waals surface area contributed by atoms with E-state index in [-0.39, 0.29) is 18.2 Å². The van der Waals surface area contributed by atoms with Gasteiger partial charge in [-0.25, -0.2) is 0 Å². The van der Waals surface area contributed by atoms with Gasteiger partial charge in [-0.15, -0.1) is 10.2 Å². The molecule has 0 saturated heterocycles. The summed E-state index contributed by atoms with van der Waals surface area (Å²) in [5, 5.41) is 15.2. The summed E-state index contributed by atoms with van der Waals surface area (Å²) in [4.78, 5) is 30.2. The van der Waals surface area contributed by atoms with Crippen molar-refractivity contribution in [2.24, 2.45) is 0 Å². The molecule has 0 radical (unpaired) electrons. The molecule has 0 aliphatic heterocycles. The highest BCUT2D eigenvalue weighted by atomic mass is 16.5. The number of ether oxygens (including phenoxy) is 1. The number of aromatic nitrogens is 5. The number of ketones is 1. The SMILES string of the molecule is COc1ccc(C(=O)Cn2nnc(-c3ccccc3NC(=O)c3cccnc3)n2)cc1. The lowest BCUT2D eigenvalue weighted by Gasteiger charge is -2.08. The fraction of sp³-hybridized carbons (Fsp3) is 0.0909. The molecule has 0 saturated carbocycles. The summed E-state index contributed by atoms with van der Waals surface area (Å²) < 4.78 is 5.10. The third-order valence-corrected chi connectivity index (χ3v) is 4.49. The molecule has 1 N–H and O–H groups in total. The molecule has 0 unspecified atom stereocenters. The van der Waals surface area contributed by atoms with Crippen molar-refractivity contribution in [3.63, 3.8) is 0 Å². The van der Waals surface area contributed by atoms with E-state index in [2.05, 4.69) is 25.7 Å². The fourth-order valence-electron chi connectivity index (χ4n) is 2.89. The smallest absolute Gasteiger partial charge is 0.257 e. The van der Waals surface area contributed by atoms with E-state index < -0.39 is 0 Å². The zero-order valence-electron chi connectivity index (χ0n) is 16.6. The van der Waals surface area contributed by atoms with Gasteiger partial charge in [-0.2, -0.15) is 4.80 Å². The van der Waals surface area contributed by atoms with Crippen molar-refractivity contribution in [1.82, 2.24) is 25.2 Å². The summed E-state index contributed by atoms with van der Waals surface area (Å²) in [6.07, 6.45) is 3.08. The molecule has 31 heavy (non-hydrogen) atoms. The Balaban J connectivity index is 1.51. The highest BCUT2D eigenvalue weighted by Crippen LogP contribution is 2.25. The van der Waals surface area contributed by atoms with Crippen molar-refractivity contribution in [3.05, 3.63) is 84.2 Å². The minimum atomic E-state index is -0.303. The van der Waals surface area contributed by atoms with E-state index in [1.807, 2.05) is 0 Å². The Morgan fingerprint density at radius 3 is 2.55 bits per heavy atom. The molecule has 0 spiro atoms. The van der Waals surface area contributed by atoms with E-state index in [9.17, 15) is 9.59 Å². The van der Waals surface area contributed by atoms with Crippen LogP contribution < -0.4 is 10.1 Å². The number of nitrogens with one attached hydrogen (secondary N) is 1. The highest BCUT2D eigenvalue weighted by Gasteiger charge is 2.15. The normalized spacial score (nSPS) is 10.5. The summed E-state index contributed by atoms with van der Waals surface area (Å²) in [7, 11) is 1.56. The number of hydrogen-bond acceptors (Lipinski definition) is 7. The molecule has 2 heterocycles. The van der Waals surface area contributed by atoms with Crippen molar-refractivity contribution in [2.75, 3.05) is 12.4 Å². The van der Waals surface area contributed by atoms with Crippen LogP contribution in [0.4, 0.5) is 5.69 Å². The largest absolute Gasteiger partial charge is 0.497 e. The molecule has 4 rings (SSSR count). The Morgan fingerprint density at radius 2 is 1.81 bits per heavy atom. The van der Waals surface area contributed by atoms with Crippen LogP contribution in [0.15, 0.2) is 73.1 Å². The molecule has 4 aromatic rings. The van der Waals surface area contributed by atoms with Gasteiger partial charge < -0.3 is 10.1 Å². The third-order valence-electron chi connectivity index (χ3n) is 4.49. The number of anilines is 1. The average molecular weight is 414 g/mol. The first-order valence-electron chi connectivity index (χ1n) is 9.40. The van der Waals surface area contributed by atoms with Gasteiger partial charge in [0, 0.05) is 23.5 Å². The number of nitrogens with zero attached hydrogens (tertiary/aromatic N) is 5. The topological polar surface area (TPSA) is 112 Å². The number of pyridine rings is 1. The van der Waals surface area contributed by atoms with Crippen LogP contribution in [0.5, 0.6) is 5.75 Å². The van der Waals surface area contributed by atoms with Gasteiger partial charge in [0.1, 0.15) is 12.3 Å². The zero-order chi connectivity index (χ0) is 21.6. The number of tetrazole rings is 1. The first-order valence-corrected chi connectivity index (χ1v) is 9.40. The van der Waals surface area contributed by atoms with Crippen LogP contribution in [0.2, 0.25) is 0 Å². The van der Waals surface area contributed by atoms with E-state index in [1.165, 1.54) is 11.0 Å². The van der Waals surface area contributed by atoms with Crippen molar-refractivity contribution in [2.45, 2.75) is 6.54 Å². The Kier molecular flexibility index (Phi) is 5.75. The van der Waals surface area contributed by atoms with Crippen LogP contribution in [0.25, 0.3) is 11.4 Å². The molecule has 1 amide bonds. The predicted molar refractivity (Wildman–Crippen MR) is 113 cm³/mol. The number of methoxy groups -OCH3 is 1. The maximum Gasteiger partial charge on any atom is 0.257 e. The van der Waals surface area contributed by atoms with Gasteiger partial charge in [0.15, 0.2) is 5.78 Å². The minimum Gasteiger partial charge on any atom is -0.497 e. The summed E-state index contributed by atoms with van der Waals surface area (Å²) in [6, 6.07) is 17.3. The van der Waals surface area contributed by atoms with E-state index in [1.54, 1.807) is 74.0 Å². The van der Waals surface area contributed by atoms with Gasteiger partial charge in [0.2, 0.25) is 5.82 Å². The number of carbonyl (C=O) groups is 2. The number of Topliss-reactive ketones (excluding diaryl/α,β-unsaturated/α-hetero) is 1. The summed E-state index contributed by atoms with van der Waals surface area (Å²) in [6.45, 7) is -0.0659. The number of hydrogen-bond donors (Lipinski definition) is 1. The van der Waals surface area contributed by atoms with E-state index in [0.29, 0.717) is 34.0 Å². The van der Waals surface area contributed by atoms with Crippen LogP contribution in [-0.4, -0.2) is 44.0 Å². The minimum absolute atomic E-state index is 0.0659.